The van der Waals surface area contributed by atoms with Crippen LogP contribution in [0.2, 0.25) is 0 Å². The zero-order chi connectivity index (χ0) is 27.1. The molecule has 200 valence electrons. The van der Waals surface area contributed by atoms with Crippen molar-refractivity contribution in [2.24, 2.45) is 0 Å². The molecule has 39 heavy (non-hydrogen) atoms. The number of alkyl halides is 2. The molecule has 0 N–H and O–H groups in total. The number of rotatable bonds is 6. The Hall–Kier alpha value is -4.25. The van der Waals surface area contributed by atoms with E-state index < -0.39 is 18.1 Å². The van der Waals surface area contributed by atoms with Gasteiger partial charge in [-0.2, -0.15) is 8.78 Å². The van der Waals surface area contributed by atoms with Crippen LogP contribution >= 0.6 is 0 Å². The monoisotopic (exact) mass is 534 g/mol. The summed E-state index contributed by atoms with van der Waals surface area (Å²) in [5, 5.41) is 6.88. The Balaban J connectivity index is 1.41. The molecule has 1 aliphatic rings. The van der Waals surface area contributed by atoms with Crippen LogP contribution in [0.1, 0.15) is 36.8 Å². The standard InChI is InChI=1S/C28H25F3N6O2/c1-35-12-8-21(9-13-35)37-24-15-18(17-6-10-32-11-7-17)4-5-23(24)36(28(37)38)16-20-3-2-19(14-22(20)29)26-33-34-27(39-26)25(30)31/h2-7,10-11,14-15,21,25H,8-9,12-13,16H2,1H3. The molecule has 1 saturated heterocycles. The Kier molecular flexibility index (Phi) is 6.51. The van der Waals surface area contributed by atoms with Gasteiger partial charge in [0, 0.05) is 29.6 Å². The molecule has 11 heteroatoms. The van der Waals surface area contributed by atoms with Gasteiger partial charge in [-0.25, -0.2) is 9.18 Å². The van der Waals surface area contributed by atoms with Gasteiger partial charge in [-0.3, -0.25) is 14.1 Å². The van der Waals surface area contributed by atoms with Crippen LogP contribution in [0.15, 0.2) is 70.1 Å². The first-order valence-corrected chi connectivity index (χ1v) is 12.6. The number of aromatic nitrogens is 5. The Morgan fingerprint density at radius 3 is 2.38 bits per heavy atom. The number of nitrogens with zero attached hydrogens (tertiary/aromatic N) is 6. The minimum Gasteiger partial charge on any atom is -0.415 e. The van der Waals surface area contributed by atoms with Crippen LogP contribution in [-0.2, 0) is 6.54 Å². The van der Waals surface area contributed by atoms with E-state index in [1.54, 1.807) is 17.0 Å². The molecule has 0 amide bonds. The minimum atomic E-state index is -2.91. The van der Waals surface area contributed by atoms with E-state index in [0.29, 0.717) is 5.52 Å². The molecule has 0 bridgehead atoms. The van der Waals surface area contributed by atoms with E-state index >= 15 is 4.39 Å². The summed E-state index contributed by atoms with van der Waals surface area (Å²) in [7, 11) is 2.07. The second-order valence-corrected chi connectivity index (χ2v) is 9.76. The SMILES string of the molecule is CN1CCC(n2c(=O)n(Cc3ccc(-c4nnc(C(F)F)o4)cc3F)c3ccc(-c4ccncc4)cc32)CC1. The van der Waals surface area contributed by atoms with Crippen LogP contribution in [-0.4, -0.2) is 49.4 Å². The van der Waals surface area contributed by atoms with E-state index in [1.807, 2.05) is 34.9 Å². The Labute approximate surface area is 221 Å². The summed E-state index contributed by atoms with van der Waals surface area (Å²) in [5.74, 6) is -1.63. The molecule has 0 spiro atoms. The highest BCUT2D eigenvalue weighted by Crippen LogP contribution is 2.30. The number of likely N-dealkylation sites (tertiary alicyclic amines) is 1. The first-order valence-electron chi connectivity index (χ1n) is 12.6. The van der Waals surface area contributed by atoms with Gasteiger partial charge in [0.2, 0.25) is 5.89 Å². The van der Waals surface area contributed by atoms with Crippen LogP contribution in [0.25, 0.3) is 33.6 Å². The van der Waals surface area contributed by atoms with Crippen LogP contribution < -0.4 is 5.69 Å². The zero-order valence-electron chi connectivity index (χ0n) is 21.1. The quantitative estimate of drug-likeness (QED) is 0.294. The highest BCUT2D eigenvalue weighted by Gasteiger charge is 2.25. The fraction of sp³-hybridized carbons (Fsp3) is 0.286. The van der Waals surface area contributed by atoms with Crippen molar-refractivity contribution in [1.82, 2.24) is 29.2 Å². The van der Waals surface area contributed by atoms with Gasteiger partial charge in [0.15, 0.2) is 0 Å². The molecule has 0 unspecified atom stereocenters. The first-order chi connectivity index (χ1) is 18.9. The largest absolute Gasteiger partial charge is 0.415 e. The normalized spacial score (nSPS) is 15.0. The average Bonchev–Trinajstić information content (AvgIpc) is 3.54. The number of pyridine rings is 1. The molecule has 0 aliphatic carbocycles. The molecule has 1 fully saturated rings. The predicted octanol–water partition coefficient (Wildman–Crippen LogP) is 5.31. The summed E-state index contributed by atoms with van der Waals surface area (Å²) in [4.78, 5) is 20.2. The highest BCUT2D eigenvalue weighted by atomic mass is 19.3. The lowest BCUT2D eigenvalue weighted by Gasteiger charge is -2.29. The third-order valence-electron chi connectivity index (χ3n) is 7.29. The molecule has 1 aliphatic heterocycles. The van der Waals surface area contributed by atoms with Gasteiger partial charge < -0.3 is 9.32 Å². The zero-order valence-corrected chi connectivity index (χ0v) is 21.1. The summed E-state index contributed by atoms with van der Waals surface area (Å²) in [6.07, 6.45) is 2.21. The van der Waals surface area contributed by atoms with Crippen LogP contribution in [0, 0.1) is 5.82 Å². The van der Waals surface area contributed by atoms with E-state index in [2.05, 4.69) is 27.1 Å². The summed E-state index contributed by atoms with van der Waals surface area (Å²) >= 11 is 0. The van der Waals surface area contributed by atoms with Gasteiger partial charge in [-0.05, 0) is 80.5 Å². The van der Waals surface area contributed by atoms with Crippen LogP contribution in [0.5, 0.6) is 0 Å². The second-order valence-electron chi connectivity index (χ2n) is 9.76. The summed E-state index contributed by atoms with van der Waals surface area (Å²) < 4.78 is 49.2. The number of piperidine rings is 1. The minimum absolute atomic E-state index is 0.00178. The smallest absolute Gasteiger partial charge is 0.329 e. The fourth-order valence-corrected chi connectivity index (χ4v) is 5.18. The number of benzene rings is 2. The van der Waals surface area contributed by atoms with E-state index in [4.69, 9.17) is 4.42 Å². The molecule has 6 rings (SSSR count). The topological polar surface area (TPSA) is 82.0 Å². The van der Waals surface area contributed by atoms with Gasteiger partial charge in [-0.1, -0.05) is 12.1 Å². The number of halogens is 3. The maximum Gasteiger partial charge on any atom is 0.329 e. The Bertz CT molecular complexity index is 1690. The van der Waals surface area contributed by atoms with Crippen molar-refractivity contribution < 1.29 is 17.6 Å². The maximum absolute atomic E-state index is 15.2. The molecule has 5 aromatic rings. The molecular formula is C28H25F3N6O2. The fourth-order valence-electron chi connectivity index (χ4n) is 5.18. The van der Waals surface area contributed by atoms with Crippen molar-refractivity contribution in [2.75, 3.05) is 20.1 Å². The average molecular weight is 535 g/mol. The maximum atomic E-state index is 15.2. The van der Waals surface area contributed by atoms with Gasteiger partial charge in [0.05, 0.1) is 17.6 Å². The third-order valence-corrected chi connectivity index (χ3v) is 7.29. The van der Waals surface area contributed by atoms with Crippen LogP contribution in [0.3, 0.4) is 0 Å². The molecular weight excluding hydrogens is 509 g/mol. The molecule has 8 nitrogen and oxygen atoms in total. The predicted molar refractivity (Wildman–Crippen MR) is 139 cm³/mol. The van der Waals surface area contributed by atoms with Crippen molar-refractivity contribution in [1.29, 1.82) is 0 Å². The van der Waals surface area contributed by atoms with E-state index in [0.717, 1.165) is 48.6 Å². The summed E-state index contributed by atoms with van der Waals surface area (Å²) in [5.41, 5.74) is 3.70. The van der Waals surface area contributed by atoms with Crippen LogP contribution in [0.4, 0.5) is 13.2 Å². The van der Waals surface area contributed by atoms with E-state index in [1.165, 1.54) is 12.1 Å². The van der Waals surface area contributed by atoms with Gasteiger partial charge in [0.1, 0.15) is 5.82 Å². The van der Waals surface area contributed by atoms with E-state index in [9.17, 15) is 13.6 Å². The third kappa shape index (κ3) is 4.74. The van der Waals surface area contributed by atoms with Gasteiger partial charge >= 0.3 is 12.1 Å². The van der Waals surface area contributed by atoms with Crippen molar-refractivity contribution in [3.8, 4) is 22.6 Å². The number of hydrogen-bond acceptors (Lipinski definition) is 6. The lowest BCUT2D eigenvalue weighted by Crippen LogP contribution is -2.36. The molecule has 3 aromatic heterocycles. The van der Waals surface area contributed by atoms with Gasteiger partial charge in [-0.15, -0.1) is 10.2 Å². The molecule has 0 radical (unpaired) electrons. The lowest BCUT2D eigenvalue weighted by atomic mass is 10.0. The van der Waals surface area contributed by atoms with E-state index in [-0.39, 0.29) is 35.3 Å². The summed E-state index contributed by atoms with van der Waals surface area (Å²) in [6, 6.07) is 13.9. The number of imidazole rings is 1. The second kappa shape index (κ2) is 10.1. The highest BCUT2D eigenvalue weighted by molar-refractivity contribution is 5.83. The Morgan fingerprint density at radius 1 is 0.949 bits per heavy atom. The number of hydrogen-bond donors (Lipinski definition) is 0. The number of fused-ring (bicyclic) bond motifs is 1. The van der Waals surface area contributed by atoms with Crippen molar-refractivity contribution >= 4 is 11.0 Å². The van der Waals surface area contributed by atoms with Gasteiger partial charge in [0.25, 0.3) is 5.89 Å². The first kappa shape index (κ1) is 25.1. The molecule has 0 atom stereocenters. The summed E-state index contributed by atoms with van der Waals surface area (Å²) in [6.45, 7) is 1.77. The van der Waals surface area contributed by atoms with Crippen molar-refractivity contribution in [3.63, 3.8) is 0 Å². The molecule has 0 saturated carbocycles. The molecule has 2 aromatic carbocycles. The Morgan fingerprint density at radius 2 is 1.69 bits per heavy atom. The lowest BCUT2D eigenvalue weighted by molar-refractivity contribution is 0.116. The molecule has 4 heterocycles. The van der Waals surface area contributed by atoms with Crippen molar-refractivity contribution in [3.05, 3.63) is 88.7 Å². The van der Waals surface area contributed by atoms with Crippen molar-refractivity contribution in [2.45, 2.75) is 31.9 Å².